The standard InChI is InChI=1S/C30H39ClN6O3/c1-30(2,3)40-29(39)36-19-13-11-18(12-14-19)27(38)34-20-7-6-8-21(15-20)35-28-33-17-24(31)26(37-28)23-16-32-25-10-5-4-9-22(23)25/h4-5,9-10,16-21,32H,6-8,11-15H2,1-3H3,(H,34,38)(H,36,39)(H,33,35,37)/t18-,19+,20-,21+/m0/s1. The molecule has 5 rings (SSSR count). The number of nitrogens with zero attached hydrogens (tertiary/aromatic N) is 2. The molecule has 2 amide bonds. The van der Waals surface area contributed by atoms with Gasteiger partial charge in [0.1, 0.15) is 5.60 Å². The zero-order chi connectivity index (χ0) is 28.3. The fourth-order valence-corrected chi connectivity index (χ4v) is 6.01. The van der Waals surface area contributed by atoms with Crippen molar-refractivity contribution in [1.82, 2.24) is 25.6 Å². The number of benzene rings is 1. The number of hydrogen-bond acceptors (Lipinski definition) is 6. The highest BCUT2D eigenvalue weighted by Gasteiger charge is 2.31. The molecule has 2 fully saturated rings. The summed E-state index contributed by atoms with van der Waals surface area (Å²) >= 11 is 6.50. The van der Waals surface area contributed by atoms with Crippen molar-refractivity contribution in [1.29, 1.82) is 0 Å². The van der Waals surface area contributed by atoms with E-state index in [1.54, 1.807) is 6.20 Å². The number of anilines is 1. The van der Waals surface area contributed by atoms with E-state index < -0.39 is 5.60 Å². The normalized spacial score (nSPS) is 23.4. The number of amides is 2. The number of nitrogens with one attached hydrogen (secondary N) is 4. The van der Waals surface area contributed by atoms with Gasteiger partial charge in [0.25, 0.3) is 0 Å². The zero-order valence-electron chi connectivity index (χ0n) is 23.4. The van der Waals surface area contributed by atoms with Crippen molar-refractivity contribution < 1.29 is 14.3 Å². The third-order valence-corrected chi connectivity index (χ3v) is 8.04. The van der Waals surface area contributed by atoms with Crippen LogP contribution in [0, 0.1) is 5.92 Å². The average Bonchev–Trinajstić information content (AvgIpc) is 3.33. The van der Waals surface area contributed by atoms with Gasteiger partial charge in [0.2, 0.25) is 11.9 Å². The predicted octanol–water partition coefficient (Wildman–Crippen LogP) is 6.20. The molecule has 214 valence electrons. The minimum Gasteiger partial charge on any atom is -0.444 e. The number of hydrogen-bond donors (Lipinski definition) is 4. The Morgan fingerprint density at radius 1 is 1.00 bits per heavy atom. The zero-order valence-corrected chi connectivity index (χ0v) is 24.2. The van der Waals surface area contributed by atoms with E-state index in [0.29, 0.717) is 16.7 Å². The quantitative estimate of drug-likeness (QED) is 0.282. The predicted molar refractivity (Wildman–Crippen MR) is 157 cm³/mol. The highest BCUT2D eigenvalue weighted by atomic mass is 35.5. The van der Waals surface area contributed by atoms with Crippen molar-refractivity contribution in [2.45, 2.75) is 95.9 Å². The van der Waals surface area contributed by atoms with Crippen LogP contribution >= 0.6 is 11.6 Å². The summed E-state index contributed by atoms with van der Waals surface area (Å²) in [6, 6.07) is 8.38. The van der Waals surface area contributed by atoms with Gasteiger partial charge in [-0.2, -0.15) is 0 Å². The number of aromatic amines is 1. The minimum atomic E-state index is -0.521. The van der Waals surface area contributed by atoms with Crippen LogP contribution in [0.15, 0.2) is 36.7 Å². The first kappa shape index (κ1) is 28.2. The van der Waals surface area contributed by atoms with Crippen LogP contribution in [0.4, 0.5) is 10.7 Å². The molecule has 2 aromatic heterocycles. The van der Waals surface area contributed by atoms with Gasteiger partial charge in [0.05, 0.1) is 16.9 Å². The topological polar surface area (TPSA) is 121 Å². The number of alkyl carbamates (subject to hydrolysis) is 1. The maximum absolute atomic E-state index is 13.1. The number of carbonyl (C=O) groups excluding carboxylic acids is 2. The highest BCUT2D eigenvalue weighted by Crippen LogP contribution is 2.33. The molecule has 0 spiro atoms. The second-order valence-electron chi connectivity index (χ2n) is 12.0. The number of halogens is 1. The Morgan fingerprint density at radius 2 is 1.75 bits per heavy atom. The molecule has 2 atom stereocenters. The summed E-state index contributed by atoms with van der Waals surface area (Å²) in [6.07, 6.45) is 10.0. The summed E-state index contributed by atoms with van der Waals surface area (Å²) in [7, 11) is 0. The molecule has 0 aliphatic heterocycles. The third kappa shape index (κ3) is 7.05. The molecule has 0 unspecified atom stereocenters. The summed E-state index contributed by atoms with van der Waals surface area (Å²) in [5, 5.41) is 11.3. The molecule has 2 heterocycles. The van der Waals surface area contributed by atoms with E-state index in [4.69, 9.17) is 21.3 Å². The van der Waals surface area contributed by atoms with Crippen molar-refractivity contribution in [3.8, 4) is 11.3 Å². The van der Waals surface area contributed by atoms with E-state index in [1.165, 1.54) is 0 Å². The molecule has 2 saturated carbocycles. The summed E-state index contributed by atoms with van der Waals surface area (Å²) in [4.78, 5) is 37.6. The lowest BCUT2D eigenvalue weighted by atomic mass is 9.84. The molecule has 0 bridgehead atoms. The second kappa shape index (κ2) is 12.0. The number of carbonyl (C=O) groups is 2. The number of fused-ring (bicyclic) bond motifs is 1. The van der Waals surface area contributed by atoms with Gasteiger partial charge in [-0.15, -0.1) is 0 Å². The Labute approximate surface area is 240 Å². The van der Waals surface area contributed by atoms with E-state index in [0.717, 1.165) is 67.8 Å². The number of aromatic nitrogens is 3. The van der Waals surface area contributed by atoms with E-state index in [2.05, 4.69) is 25.9 Å². The smallest absolute Gasteiger partial charge is 0.407 e. The maximum Gasteiger partial charge on any atom is 0.407 e. The van der Waals surface area contributed by atoms with Crippen molar-refractivity contribution >= 4 is 40.5 Å². The molecule has 2 aliphatic carbocycles. The summed E-state index contributed by atoms with van der Waals surface area (Å²) in [5.74, 6) is 0.631. The van der Waals surface area contributed by atoms with Gasteiger partial charge in [-0.3, -0.25) is 4.79 Å². The SMILES string of the molecule is CC(C)(C)OC(=O)N[C@H]1CC[C@@H](C(=O)N[C@H]2CCC[C@@H](Nc3ncc(Cl)c(-c4c[nH]c5ccccc45)n3)C2)CC1. The Kier molecular flexibility index (Phi) is 8.49. The van der Waals surface area contributed by atoms with Crippen LogP contribution in [0.5, 0.6) is 0 Å². The molecule has 1 aromatic carbocycles. The first-order valence-corrected chi connectivity index (χ1v) is 14.7. The Hall–Kier alpha value is -3.33. The Balaban J connectivity index is 1.13. The molecule has 40 heavy (non-hydrogen) atoms. The van der Waals surface area contributed by atoms with Crippen LogP contribution < -0.4 is 16.0 Å². The lowest BCUT2D eigenvalue weighted by Crippen LogP contribution is -2.46. The number of H-pyrrole nitrogens is 1. The molecule has 0 saturated heterocycles. The number of rotatable bonds is 6. The number of para-hydroxylation sites is 1. The second-order valence-corrected chi connectivity index (χ2v) is 12.5. The fourth-order valence-electron chi connectivity index (χ4n) is 5.82. The van der Waals surface area contributed by atoms with Gasteiger partial charge in [-0.1, -0.05) is 29.8 Å². The molecule has 0 radical (unpaired) electrons. The van der Waals surface area contributed by atoms with E-state index in [9.17, 15) is 9.59 Å². The summed E-state index contributed by atoms with van der Waals surface area (Å²) in [5.41, 5.74) is 2.14. The van der Waals surface area contributed by atoms with Crippen molar-refractivity contribution in [3.05, 3.63) is 41.7 Å². The minimum absolute atomic E-state index is 0.0247. The van der Waals surface area contributed by atoms with Crippen LogP contribution in [0.3, 0.4) is 0 Å². The van der Waals surface area contributed by atoms with Crippen LogP contribution in [0.2, 0.25) is 5.02 Å². The van der Waals surface area contributed by atoms with Crippen LogP contribution in [-0.4, -0.2) is 50.7 Å². The molecule has 10 heteroatoms. The van der Waals surface area contributed by atoms with Crippen LogP contribution in [-0.2, 0) is 9.53 Å². The van der Waals surface area contributed by atoms with Crippen LogP contribution in [0.1, 0.15) is 72.1 Å². The van der Waals surface area contributed by atoms with E-state index in [1.807, 2.05) is 51.2 Å². The van der Waals surface area contributed by atoms with Gasteiger partial charge in [0, 0.05) is 46.7 Å². The van der Waals surface area contributed by atoms with Gasteiger partial charge in [-0.25, -0.2) is 14.8 Å². The lowest BCUT2D eigenvalue weighted by molar-refractivity contribution is -0.127. The largest absolute Gasteiger partial charge is 0.444 e. The molecular weight excluding hydrogens is 528 g/mol. The van der Waals surface area contributed by atoms with E-state index in [-0.39, 0.29) is 36.0 Å². The van der Waals surface area contributed by atoms with Gasteiger partial charge in [0.15, 0.2) is 0 Å². The Morgan fingerprint density at radius 3 is 2.52 bits per heavy atom. The average molecular weight is 567 g/mol. The molecule has 3 aromatic rings. The lowest BCUT2D eigenvalue weighted by Gasteiger charge is -2.33. The van der Waals surface area contributed by atoms with E-state index >= 15 is 0 Å². The van der Waals surface area contributed by atoms with Gasteiger partial charge >= 0.3 is 6.09 Å². The van der Waals surface area contributed by atoms with Crippen LogP contribution in [0.25, 0.3) is 22.2 Å². The molecule has 2 aliphatic rings. The molecular formula is C30H39ClN6O3. The summed E-state index contributed by atoms with van der Waals surface area (Å²) in [6.45, 7) is 5.55. The first-order chi connectivity index (χ1) is 19.1. The van der Waals surface area contributed by atoms with Crippen molar-refractivity contribution in [2.24, 2.45) is 5.92 Å². The molecule has 4 N–H and O–H groups in total. The molecule has 9 nitrogen and oxygen atoms in total. The van der Waals surface area contributed by atoms with Gasteiger partial charge < -0.3 is 25.7 Å². The number of ether oxygens (including phenoxy) is 1. The monoisotopic (exact) mass is 566 g/mol. The highest BCUT2D eigenvalue weighted by molar-refractivity contribution is 6.33. The van der Waals surface area contributed by atoms with Gasteiger partial charge in [-0.05, 0) is 78.2 Å². The summed E-state index contributed by atoms with van der Waals surface area (Å²) < 4.78 is 5.36. The first-order valence-electron chi connectivity index (χ1n) is 14.3. The Bertz CT molecular complexity index is 1340. The van der Waals surface area contributed by atoms with Crippen molar-refractivity contribution in [3.63, 3.8) is 0 Å². The van der Waals surface area contributed by atoms with Crippen molar-refractivity contribution in [2.75, 3.05) is 5.32 Å². The fraction of sp³-hybridized carbons (Fsp3) is 0.533. The maximum atomic E-state index is 13.1. The third-order valence-electron chi connectivity index (χ3n) is 7.76.